The van der Waals surface area contributed by atoms with Gasteiger partial charge in [-0.25, -0.2) is 0 Å². The number of halogens is 1. The molecule has 1 aliphatic heterocycles. The highest BCUT2D eigenvalue weighted by Crippen LogP contribution is 2.37. The second-order valence-corrected chi connectivity index (χ2v) is 8.66. The Balaban J connectivity index is 1.71. The number of benzene rings is 3. The average Bonchev–Trinajstić information content (AvgIpc) is 2.89. The van der Waals surface area contributed by atoms with Gasteiger partial charge in [0.2, 0.25) is 0 Å². The average molecular weight is 408 g/mol. The molecule has 1 amide bonds. The molecule has 0 radical (unpaired) electrons. The number of fused-ring (bicyclic) bond motifs is 1. The SMILES string of the molecule is CC1(C)OB(c2ccc3c(C(=O)Nc4ccccc4)cccc3c2Cl)OC1(C)C. The Bertz CT molecular complexity index is 1070. The number of nitrogens with one attached hydrogen (secondary N) is 1. The number of anilines is 1. The lowest BCUT2D eigenvalue weighted by Crippen LogP contribution is -2.41. The molecule has 6 heteroatoms. The van der Waals surface area contributed by atoms with Gasteiger partial charge >= 0.3 is 7.12 Å². The zero-order chi connectivity index (χ0) is 20.8. The predicted molar refractivity (Wildman–Crippen MR) is 119 cm³/mol. The van der Waals surface area contributed by atoms with Crippen LogP contribution in [-0.2, 0) is 9.31 Å². The van der Waals surface area contributed by atoms with Crippen LogP contribution in [0.4, 0.5) is 5.69 Å². The van der Waals surface area contributed by atoms with Crippen molar-refractivity contribution in [3.05, 3.63) is 71.2 Å². The summed E-state index contributed by atoms with van der Waals surface area (Å²) in [6.07, 6.45) is 0. The van der Waals surface area contributed by atoms with E-state index in [9.17, 15) is 4.79 Å². The summed E-state index contributed by atoms with van der Waals surface area (Å²) < 4.78 is 12.3. The number of para-hydroxylation sites is 1. The maximum Gasteiger partial charge on any atom is 0.496 e. The van der Waals surface area contributed by atoms with Crippen LogP contribution < -0.4 is 10.8 Å². The standard InChI is InChI=1S/C23H23BClNO3/c1-22(2)23(3,4)29-24(28-22)19-14-13-16-17(20(19)25)11-8-12-18(16)21(27)26-15-9-6-5-7-10-15/h5-14H,1-4H3,(H,26,27). The van der Waals surface area contributed by atoms with Gasteiger partial charge in [-0.05, 0) is 51.3 Å². The number of carbonyl (C=O) groups is 1. The van der Waals surface area contributed by atoms with E-state index in [2.05, 4.69) is 5.32 Å². The number of amides is 1. The molecule has 4 rings (SSSR count). The zero-order valence-corrected chi connectivity index (χ0v) is 17.7. The third-order valence-corrected chi connectivity index (χ3v) is 6.23. The van der Waals surface area contributed by atoms with Crippen LogP contribution in [0.1, 0.15) is 38.1 Å². The molecule has 1 N–H and O–H groups in total. The van der Waals surface area contributed by atoms with E-state index in [0.29, 0.717) is 10.6 Å². The summed E-state index contributed by atoms with van der Waals surface area (Å²) in [5.74, 6) is -0.179. The molecule has 0 saturated carbocycles. The first-order chi connectivity index (χ1) is 13.7. The maximum absolute atomic E-state index is 12.8. The Hall–Kier alpha value is -2.34. The molecular formula is C23H23BClNO3. The summed E-state index contributed by atoms with van der Waals surface area (Å²) in [7, 11) is -0.557. The molecule has 0 aliphatic carbocycles. The fourth-order valence-electron chi connectivity index (χ4n) is 3.41. The van der Waals surface area contributed by atoms with Crippen LogP contribution in [0.25, 0.3) is 10.8 Å². The molecule has 0 unspecified atom stereocenters. The van der Waals surface area contributed by atoms with Gasteiger partial charge in [0.15, 0.2) is 0 Å². The minimum Gasteiger partial charge on any atom is -0.399 e. The van der Waals surface area contributed by atoms with E-state index in [0.717, 1.165) is 21.9 Å². The fraction of sp³-hybridized carbons (Fsp3) is 0.261. The Labute approximate surface area is 176 Å². The zero-order valence-electron chi connectivity index (χ0n) is 17.0. The van der Waals surface area contributed by atoms with Crippen LogP contribution in [-0.4, -0.2) is 24.2 Å². The third-order valence-electron chi connectivity index (χ3n) is 5.81. The lowest BCUT2D eigenvalue weighted by atomic mass is 9.78. The second-order valence-electron chi connectivity index (χ2n) is 8.28. The van der Waals surface area contributed by atoms with E-state index in [4.69, 9.17) is 20.9 Å². The highest BCUT2D eigenvalue weighted by atomic mass is 35.5. The molecule has 3 aromatic rings. The lowest BCUT2D eigenvalue weighted by molar-refractivity contribution is 0.00578. The number of hydrogen-bond donors (Lipinski definition) is 1. The van der Waals surface area contributed by atoms with Crippen LogP contribution >= 0.6 is 11.6 Å². The van der Waals surface area contributed by atoms with E-state index in [-0.39, 0.29) is 5.91 Å². The third kappa shape index (κ3) is 3.55. The summed E-state index contributed by atoms with van der Waals surface area (Å²) >= 11 is 6.75. The number of carbonyl (C=O) groups excluding carboxylic acids is 1. The van der Waals surface area contributed by atoms with Gasteiger partial charge in [-0.1, -0.05) is 54.1 Å². The van der Waals surface area contributed by atoms with Crippen molar-refractivity contribution < 1.29 is 14.1 Å². The van der Waals surface area contributed by atoms with Gasteiger partial charge < -0.3 is 14.6 Å². The molecule has 0 aromatic heterocycles. The van der Waals surface area contributed by atoms with Gasteiger partial charge in [-0.2, -0.15) is 0 Å². The van der Waals surface area contributed by atoms with Crippen LogP contribution in [0.2, 0.25) is 5.02 Å². The van der Waals surface area contributed by atoms with E-state index < -0.39 is 18.3 Å². The summed E-state index contributed by atoms with van der Waals surface area (Å²) in [4.78, 5) is 12.8. The molecule has 4 nitrogen and oxygen atoms in total. The number of hydrogen-bond acceptors (Lipinski definition) is 3. The van der Waals surface area contributed by atoms with Crippen LogP contribution in [0.5, 0.6) is 0 Å². The van der Waals surface area contributed by atoms with Crippen LogP contribution in [0.15, 0.2) is 60.7 Å². The van der Waals surface area contributed by atoms with Crippen LogP contribution in [0, 0.1) is 0 Å². The molecule has 1 fully saturated rings. The summed E-state index contributed by atoms with van der Waals surface area (Å²) in [5, 5.41) is 5.04. The topological polar surface area (TPSA) is 47.6 Å². The van der Waals surface area contributed by atoms with Crippen molar-refractivity contribution in [3.8, 4) is 0 Å². The second kappa shape index (κ2) is 7.17. The van der Waals surface area contributed by atoms with Gasteiger partial charge in [0.05, 0.1) is 11.2 Å². The van der Waals surface area contributed by atoms with Crippen molar-refractivity contribution in [2.24, 2.45) is 0 Å². The van der Waals surface area contributed by atoms with Crippen molar-refractivity contribution in [3.63, 3.8) is 0 Å². The summed E-state index contributed by atoms with van der Waals surface area (Å²) in [5.41, 5.74) is 1.17. The molecule has 0 atom stereocenters. The molecule has 3 aromatic carbocycles. The Morgan fingerprint density at radius 3 is 2.17 bits per heavy atom. The van der Waals surface area contributed by atoms with Gasteiger partial charge in [0, 0.05) is 27.1 Å². The molecule has 29 heavy (non-hydrogen) atoms. The fourth-order valence-corrected chi connectivity index (χ4v) is 3.72. The Morgan fingerprint density at radius 2 is 1.52 bits per heavy atom. The number of rotatable bonds is 3. The normalized spacial score (nSPS) is 17.5. The first-order valence-corrected chi connectivity index (χ1v) is 10.0. The highest BCUT2D eigenvalue weighted by Gasteiger charge is 2.52. The molecule has 0 bridgehead atoms. The van der Waals surface area contributed by atoms with Crippen molar-refractivity contribution in [2.45, 2.75) is 38.9 Å². The monoisotopic (exact) mass is 407 g/mol. The minimum absolute atomic E-state index is 0.179. The minimum atomic E-state index is -0.557. The summed E-state index contributed by atoms with van der Waals surface area (Å²) in [6, 6.07) is 18.7. The van der Waals surface area contributed by atoms with Gasteiger partial charge in [-0.15, -0.1) is 0 Å². The summed E-state index contributed by atoms with van der Waals surface area (Å²) in [6.45, 7) is 8.03. The van der Waals surface area contributed by atoms with Crippen molar-refractivity contribution in [1.29, 1.82) is 0 Å². The predicted octanol–water partition coefficient (Wildman–Crippen LogP) is 5.04. The molecule has 148 valence electrons. The molecule has 1 saturated heterocycles. The van der Waals surface area contributed by atoms with Gasteiger partial charge in [0.25, 0.3) is 5.91 Å². The largest absolute Gasteiger partial charge is 0.496 e. The van der Waals surface area contributed by atoms with E-state index in [1.165, 1.54) is 0 Å². The highest BCUT2D eigenvalue weighted by molar-refractivity contribution is 6.66. The van der Waals surface area contributed by atoms with E-state index >= 15 is 0 Å². The van der Waals surface area contributed by atoms with Crippen molar-refractivity contribution in [1.82, 2.24) is 0 Å². The van der Waals surface area contributed by atoms with Gasteiger partial charge in [-0.3, -0.25) is 4.79 Å². The van der Waals surface area contributed by atoms with Gasteiger partial charge in [0.1, 0.15) is 0 Å². The molecule has 1 aliphatic rings. The molecule has 0 spiro atoms. The lowest BCUT2D eigenvalue weighted by Gasteiger charge is -2.32. The molecular weight excluding hydrogens is 385 g/mol. The maximum atomic E-state index is 12.8. The van der Waals surface area contributed by atoms with E-state index in [1.54, 1.807) is 6.07 Å². The molecule has 1 heterocycles. The first kappa shape index (κ1) is 20.0. The smallest absolute Gasteiger partial charge is 0.399 e. The van der Waals surface area contributed by atoms with Crippen molar-refractivity contribution >= 4 is 46.5 Å². The Kier molecular flexibility index (Phi) is 4.93. The van der Waals surface area contributed by atoms with Crippen molar-refractivity contribution in [2.75, 3.05) is 5.32 Å². The Morgan fingerprint density at radius 1 is 0.862 bits per heavy atom. The first-order valence-electron chi connectivity index (χ1n) is 9.63. The van der Waals surface area contributed by atoms with E-state index in [1.807, 2.05) is 82.3 Å². The van der Waals surface area contributed by atoms with Crippen LogP contribution in [0.3, 0.4) is 0 Å². The quantitative estimate of drug-likeness (QED) is 0.618.